The van der Waals surface area contributed by atoms with Crippen molar-refractivity contribution in [2.24, 2.45) is 0 Å². The second-order valence-electron chi connectivity index (χ2n) is 6.44. The first-order chi connectivity index (χ1) is 11.0. The number of ether oxygens (including phenoxy) is 1. The van der Waals surface area contributed by atoms with Gasteiger partial charge in [0.2, 0.25) is 5.91 Å². The highest BCUT2D eigenvalue weighted by molar-refractivity contribution is 5.73. The number of carbonyl (C=O) groups excluding carboxylic acids is 1. The number of rotatable bonds is 6. The summed E-state index contributed by atoms with van der Waals surface area (Å²) in [6.45, 7) is 6.36. The van der Waals surface area contributed by atoms with Crippen molar-refractivity contribution in [1.82, 2.24) is 9.80 Å². The van der Waals surface area contributed by atoms with Crippen molar-refractivity contribution in [3.8, 4) is 5.75 Å². The van der Waals surface area contributed by atoms with Crippen LogP contribution in [-0.2, 0) is 4.79 Å². The van der Waals surface area contributed by atoms with Gasteiger partial charge in [-0.1, -0.05) is 12.1 Å². The average Bonchev–Trinajstić information content (AvgIpc) is 2.53. The lowest BCUT2D eigenvalue weighted by atomic mass is 10.0. The van der Waals surface area contributed by atoms with E-state index in [0.29, 0.717) is 19.2 Å². The standard InChI is InChI=1S/C18H28N2O3/c1-14-5-4-6-18(11-14)23-13-17(22)12-20-9-7-16(8-10-20)19(3)15(2)21/h4-6,11,16-17,22H,7-10,12-13H2,1-3H3. The maximum Gasteiger partial charge on any atom is 0.219 e. The van der Waals surface area contributed by atoms with Crippen molar-refractivity contribution >= 4 is 5.91 Å². The predicted octanol–water partition coefficient (Wildman–Crippen LogP) is 1.68. The predicted molar refractivity (Wildman–Crippen MR) is 90.6 cm³/mol. The molecule has 1 heterocycles. The summed E-state index contributed by atoms with van der Waals surface area (Å²) in [6, 6.07) is 8.17. The molecule has 1 aromatic rings. The van der Waals surface area contributed by atoms with Crippen LogP contribution in [0, 0.1) is 6.92 Å². The van der Waals surface area contributed by atoms with Crippen molar-refractivity contribution in [2.75, 3.05) is 33.3 Å². The van der Waals surface area contributed by atoms with Gasteiger partial charge in [0.15, 0.2) is 0 Å². The summed E-state index contributed by atoms with van der Waals surface area (Å²) in [7, 11) is 1.87. The first kappa shape index (κ1) is 17.8. The van der Waals surface area contributed by atoms with Crippen LogP contribution in [0.5, 0.6) is 5.75 Å². The van der Waals surface area contributed by atoms with E-state index in [0.717, 1.165) is 37.2 Å². The molecule has 0 aliphatic carbocycles. The number of β-amino-alcohol motifs (C(OH)–C–C–N with tert-alkyl or cyclic N) is 1. The molecule has 1 atom stereocenters. The van der Waals surface area contributed by atoms with Gasteiger partial charge in [-0.15, -0.1) is 0 Å². The smallest absolute Gasteiger partial charge is 0.219 e. The van der Waals surface area contributed by atoms with Crippen LogP contribution in [-0.4, -0.2) is 66.2 Å². The van der Waals surface area contributed by atoms with E-state index in [1.807, 2.05) is 43.1 Å². The van der Waals surface area contributed by atoms with E-state index in [2.05, 4.69) is 4.90 Å². The molecule has 0 spiro atoms. The fraction of sp³-hybridized carbons (Fsp3) is 0.611. The van der Waals surface area contributed by atoms with Crippen LogP contribution in [0.4, 0.5) is 0 Å². The highest BCUT2D eigenvalue weighted by Gasteiger charge is 2.24. The van der Waals surface area contributed by atoms with Crippen molar-refractivity contribution < 1.29 is 14.6 Å². The number of nitrogens with zero attached hydrogens (tertiary/aromatic N) is 2. The Morgan fingerprint density at radius 2 is 2.13 bits per heavy atom. The number of amides is 1. The number of benzene rings is 1. The number of hydrogen-bond acceptors (Lipinski definition) is 4. The Kier molecular flexibility index (Phi) is 6.42. The molecule has 1 fully saturated rings. The normalized spacial score (nSPS) is 17.7. The van der Waals surface area contributed by atoms with Crippen LogP contribution in [0.1, 0.15) is 25.3 Å². The molecule has 1 amide bonds. The zero-order chi connectivity index (χ0) is 16.8. The summed E-state index contributed by atoms with van der Waals surface area (Å²) < 4.78 is 5.65. The monoisotopic (exact) mass is 320 g/mol. The molecule has 23 heavy (non-hydrogen) atoms. The van der Waals surface area contributed by atoms with Crippen molar-refractivity contribution in [1.29, 1.82) is 0 Å². The minimum absolute atomic E-state index is 0.120. The van der Waals surface area contributed by atoms with Crippen molar-refractivity contribution in [2.45, 2.75) is 38.8 Å². The first-order valence-corrected chi connectivity index (χ1v) is 8.29. The zero-order valence-electron chi connectivity index (χ0n) is 14.4. The highest BCUT2D eigenvalue weighted by atomic mass is 16.5. The van der Waals surface area contributed by atoms with Gasteiger partial charge in [-0.3, -0.25) is 4.79 Å². The van der Waals surface area contributed by atoms with Crippen LogP contribution in [0.3, 0.4) is 0 Å². The summed E-state index contributed by atoms with van der Waals surface area (Å²) in [5, 5.41) is 10.2. The summed E-state index contributed by atoms with van der Waals surface area (Å²) in [5.41, 5.74) is 1.15. The van der Waals surface area contributed by atoms with Crippen LogP contribution in [0.25, 0.3) is 0 Å². The quantitative estimate of drug-likeness (QED) is 0.866. The molecular weight excluding hydrogens is 292 g/mol. The van der Waals surface area contributed by atoms with E-state index in [9.17, 15) is 9.90 Å². The molecular formula is C18H28N2O3. The number of carbonyl (C=O) groups is 1. The van der Waals surface area contributed by atoms with Crippen molar-refractivity contribution in [3.05, 3.63) is 29.8 Å². The lowest BCUT2D eigenvalue weighted by Crippen LogP contribution is -2.47. The van der Waals surface area contributed by atoms with Gasteiger partial charge in [-0.2, -0.15) is 0 Å². The van der Waals surface area contributed by atoms with Gasteiger partial charge in [0, 0.05) is 39.6 Å². The van der Waals surface area contributed by atoms with E-state index in [1.165, 1.54) is 0 Å². The SMILES string of the molecule is CC(=O)N(C)C1CCN(CC(O)COc2cccc(C)c2)CC1. The fourth-order valence-corrected chi connectivity index (χ4v) is 2.99. The van der Waals surface area contributed by atoms with Gasteiger partial charge >= 0.3 is 0 Å². The molecule has 128 valence electrons. The van der Waals surface area contributed by atoms with Gasteiger partial charge < -0.3 is 19.6 Å². The van der Waals surface area contributed by atoms with E-state index in [4.69, 9.17) is 4.74 Å². The molecule has 5 nitrogen and oxygen atoms in total. The van der Waals surface area contributed by atoms with E-state index < -0.39 is 6.10 Å². The van der Waals surface area contributed by atoms with E-state index >= 15 is 0 Å². The maximum absolute atomic E-state index is 11.4. The van der Waals surface area contributed by atoms with Crippen LogP contribution >= 0.6 is 0 Å². The molecule has 0 bridgehead atoms. The number of aliphatic hydroxyl groups is 1. The Hall–Kier alpha value is -1.59. The van der Waals surface area contributed by atoms with Crippen LogP contribution in [0.2, 0.25) is 0 Å². The van der Waals surface area contributed by atoms with E-state index in [1.54, 1.807) is 6.92 Å². The number of likely N-dealkylation sites (tertiary alicyclic amines) is 1. The molecule has 1 aromatic carbocycles. The van der Waals surface area contributed by atoms with Gasteiger partial charge in [0.25, 0.3) is 0 Å². The third kappa shape index (κ3) is 5.52. The number of hydrogen-bond donors (Lipinski definition) is 1. The largest absolute Gasteiger partial charge is 0.491 e. The molecule has 1 aliphatic rings. The van der Waals surface area contributed by atoms with Gasteiger partial charge in [-0.05, 0) is 37.5 Å². The highest BCUT2D eigenvalue weighted by Crippen LogP contribution is 2.16. The third-order valence-corrected chi connectivity index (χ3v) is 4.50. The fourth-order valence-electron chi connectivity index (χ4n) is 2.99. The lowest BCUT2D eigenvalue weighted by Gasteiger charge is -2.37. The zero-order valence-corrected chi connectivity index (χ0v) is 14.4. The number of aliphatic hydroxyl groups excluding tert-OH is 1. The molecule has 1 N–H and O–H groups in total. The summed E-state index contributed by atoms with van der Waals surface area (Å²) in [4.78, 5) is 15.5. The second-order valence-corrected chi connectivity index (χ2v) is 6.44. The van der Waals surface area contributed by atoms with E-state index in [-0.39, 0.29) is 5.91 Å². The molecule has 5 heteroatoms. The Morgan fingerprint density at radius 3 is 2.74 bits per heavy atom. The first-order valence-electron chi connectivity index (χ1n) is 8.29. The molecule has 1 aliphatic heterocycles. The minimum Gasteiger partial charge on any atom is -0.491 e. The topological polar surface area (TPSA) is 53.0 Å². The molecule has 0 saturated carbocycles. The summed E-state index contributed by atoms with van der Waals surface area (Å²) in [5.74, 6) is 0.917. The molecule has 1 unspecified atom stereocenters. The Bertz CT molecular complexity index is 513. The Morgan fingerprint density at radius 1 is 1.43 bits per heavy atom. The Labute approximate surface area is 138 Å². The summed E-state index contributed by atoms with van der Waals surface area (Å²) >= 11 is 0. The molecule has 1 saturated heterocycles. The molecule has 0 radical (unpaired) electrons. The van der Waals surface area contributed by atoms with Crippen LogP contribution in [0.15, 0.2) is 24.3 Å². The maximum atomic E-state index is 11.4. The van der Waals surface area contributed by atoms with Crippen LogP contribution < -0.4 is 4.74 Å². The van der Waals surface area contributed by atoms with Gasteiger partial charge in [-0.25, -0.2) is 0 Å². The molecule has 2 rings (SSSR count). The third-order valence-electron chi connectivity index (χ3n) is 4.50. The van der Waals surface area contributed by atoms with Gasteiger partial charge in [0.1, 0.15) is 18.5 Å². The minimum atomic E-state index is -0.502. The second kappa shape index (κ2) is 8.31. The number of aryl methyl sites for hydroxylation is 1. The Balaban J connectivity index is 1.70. The van der Waals surface area contributed by atoms with Gasteiger partial charge in [0.05, 0.1) is 0 Å². The summed E-state index contributed by atoms with van der Waals surface area (Å²) in [6.07, 6.45) is 1.42. The average molecular weight is 320 g/mol. The molecule has 0 aromatic heterocycles. The van der Waals surface area contributed by atoms with Crippen molar-refractivity contribution in [3.63, 3.8) is 0 Å². The lowest BCUT2D eigenvalue weighted by molar-refractivity contribution is -0.130. The number of piperidine rings is 1.